The molecule has 1 aromatic carbocycles. The van der Waals surface area contributed by atoms with Crippen molar-refractivity contribution in [1.29, 1.82) is 0 Å². The first-order valence-electron chi connectivity index (χ1n) is 6.24. The number of carbonyl (C=O) groups excluding carboxylic acids is 2. The lowest BCUT2D eigenvalue weighted by Gasteiger charge is -2.24. The van der Waals surface area contributed by atoms with E-state index in [0.29, 0.717) is 6.54 Å². The lowest BCUT2D eigenvalue weighted by molar-refractivity contribution is -0.133. The van der Waals surface area contributed by atoms with Crippen molar-refractivity contribution >= 4 is 11.8 Å². The molecule has 0 bridgehead atoms. The molecule has 3 N–H and O–H groups in total. The summed E-state index contributed by atoms with van der Waals surface area (Å²) in [6.45, 7) is 2.12. The van der Waals surface area contributed by atoms with Gasteiger partial charge in [-0.15, -0.1) is 0 Å². The highest BCUT2D eigenvalue weighted by molar-refractivity contribution is 5.84. The number of hydrogen-bond acceptors (Lipinski definition) is 3. The van der Waals surface area contributed by atoms with Gasteiger partial charge in [-0.3, -0.25) is 9.59 Å². The highest BCUT2D eigenvalue weighted by Gasteiger charge is 2.22. The number of nitrogens with zero attached hydrogens (tertiary/aromatic N) is 1. The predicted molar refractivity (Wildman–Crippen MR) is 74.2 cm³/mol. The maximum atomic E-state index is 12.2. The molecular formula is C14H21N3O2. The first-order valence-corrected chi connectivity index (χ1v) is 6.24. The molecule has 0 saturated heterocycles. The summed E-state index contributed by atoms with van der Waals surface area (Å²) in [5.74, 6) is -0.545. The quantitative estimate of drug-likeness (QED) is 0.813. The van der Waals surface area contributed by atoms with Crippen LogP contribution in [0.4, 0.5) is 0 Å². The molecule has 0 aromatic heterocycles. The molecule has 0 saturated carbocycles. The van der Waals surface area contributed by atoms with Crippen LogP contribution in [0.15, 0.2) is 30.3 Å². The van der Waals surface area contributed by atoms with Gasteiger partial charge in [0.05, 0.1) is 5.92 Å². The Morgan fingerprint density at radius 1 is 1.32 bits per heavy atom. The normalized spacial score (nSPS) is 13.5. The van der Waals surface area contributed by atoms with Gasteiger partial charge in [0.2, 0.25) is 11.8 Å². The highest BCUT2D eigenvalue weighted by atomic mass is 16.2. The lowest BCUT2D eigenvalue weighted by atomic mass is 10.1. The summed E-state index contributed by atoms with van der Waals surface area (Å²) >= 11 is 0. The molecule has 0 heterocycles. The van der Waals surface area contributed by atoms with E-state index in [4.69, 9.17) is 5.73 Å². The van der Waals surface area contributed by atoms with Crippen LogP contribution in [0.25, 0.3) is 0 Å². The van der Waals surface area contributed by atoms with E-state index in [1.165, 1.54) is 4.90 Å². The summed E-state index contributed by atoms with van der Waals surface area (Å²) in [6.07, 6.45) is 0. The third kappa shape index (κ3) is 4.06. The summed E-state index contributed by atoms with van der Waals surface area (Å²) < 4.78 is 0. The van der Waals surface area contributed by atoms with Crippen LogP contribution >= 0.6 is 0 Å². The van der Waals surface area contributed by atoms with E-state index in [-0.39, 0.29) is 17.7 Å². The molecule has 1 aromatic rings. The number of benzene rings is 1. The van der Waals surface area contributed by atoms with Crippen LogP contribution in [0.5, 0.6) is 0 Å². The number of hydrogen-bond donors (Lipinski definition) is 2. The van der Waals surface area contributed by atoms with Crippen LogP contribution in [-0.2, 0) is 9.59 Å². The number of rotatable bonds is 5. The Hall–Kier alpha value is -1.88. The lowest BCUT2D eigenvalue weighted by Crippen LogP contribution is -2.41. The molecule has 5 nitrogen and oxygen atoms in total. The van der Waals surface area contributed by atoms with Crippen molar-refractivity contribution in [2.75, 3.05) is 20.6 Å². The van der Waals surface area contributed by atoms with Crippen molar-refractivity contribution in [3.8, 4) is 0 Å². The van der Waals surface area contributed by atoms with Gasteiger partial charge in [0.1, 0.15) is 6.04 Å². The fourth-order valence-corrected chi connectivity index (χ4v) is 1.87. The molecular weight excluding hydrogens is 242 g/mol. The predicted octanol–water partition coefficient (Wildman–Crippen LogP) is 0.527. The molecule has 0 aliphatic carbocycles. The van der Waals surface area contributed by atoms with Gasteiger partial charge < -0.3 is 16.0 Å². The fraction of sp³-hybridized carbons (Fsp3) is 0.429. The van der Waals surface area contributed by atoms with Crippen molar-refractivity contribution in [3.63, 3.8) is 0 Å². The summed E-state index contributed by atoms with van der Waals surface area (Å²) in [5.41, 5.74) is 6.70. The maximum Gasteiger partial charge on any atom is 0.243 e. The molecule has 1 rings (SSSR count). The van der Waals surface area contributed by atoms with Crippen molar-refractivity contribution in [2.45, 2.75) is 13.0 Å². The minimum atomic E-state index is -0.692. The van der Waals surface area contributed by atoms with Gasteiger partial charge in [-0.05, 0) is 5.56 Å². The second-order valence-corrected chi connectivity index (χ2v) is 4.62. The SMILES string of the molecule is CNC(=O)C(C)CN(C)C(=O)[C@@H](N)c1ccccc1. The second kappa shape index (κ2) is 6.89. The molecule has 0 aliphatic heterocycles. The van der Waals surface area contributed by atoms with E-state index >= 15 is 0 Å². The van der Waals surface area contributed by atoms with Crippen LogP contribution in [0.2, 0.25) is 0 Å². The van der Waals surface area contributed by atoms with E-state index in [1.807, 2.05) is 30.3 Å². The first kappa shape index (κ1) is 15.2. The Kier molecular flexibility index (Phi) is 5.51. The highest BCUT2D eigenvalue weighted by Crippen LogP contribution is 2.13. The van der Waals surface area contributed by atoms with E-state index in [1.54, 1.807) is 21.0 Å². The van der Waals surface area contributed by atoms with Gasteiger partial charge in [-0.1, -0.05) is 37.3 Å². The number of amides is 2. The Morgan fingerprint density at radius 2 is 1.89 bits per heavy atom. The molecule has 2 atom stereocenters. The Morgan fingerprint density at radius 3 is 2.42 bits per heavy atom. The van der Waals surface area contributed by atoms with Gasteiger partial charge in [0.15, 0.2) is 0 Å². The smallest absolute Gasteiger partial charge is 0.243 e. The van der Waals surface area contributed by atoms with Crippen LogP contribution in [0, 0.1) is 5.92 Å². The van der Waals surface area contributed by atoms with Crippen LogP contribution in [0.1, 0.15) is 18.5 Å². The minimum absolute atomic E-state index is 0.0899. The topological polar surface area (TPSA) is 75.4 Å². The molecule has 0 radical (unpaired) electrons. The maximum absolute atomic E-state index is 12.2. The van der Waals surface area contributed by atoms with E-state index in [9.17, 15) is 9.59 Å². The summed E-state index contributed by atoms with van der Waals surface area (Å²) in [7, 11) is 3.24. The van der Waals surface area contributed by atoms with Crippen molar-refractivity contribution in [1.82, 2.24) is 10.2 Å². The Labute approximate surface area is 113 Å². The number of carbonyl (C=O) groups is 2. The summed E-state index contributed by atoms with van der Waals surface area (Å²) in [6, 6.07) is 8.50. The van der Waals surface area contributed by atoms with Gasteiger partial charge in [0.25, 0.3) is 0 Å². The third-order valence-corrected chi connectivity index (χ3v) is 3.04. The molecule has 19 heavy (non-hydrogen) atoms. The first-order chi connectivity index (χ1) is 8.97. The molecule has 0 spiro atoms. The van der Waals surface area contributed by atoms with E-state index in [2.05, 4.69) is 5.32 Å². The molecule has 0 aliphatic rings. The van der Waals surface area contributed by atoms with E-state index in [0.717, 1.165) is 5.56 Å². The second-order valence-electron chi connectivity index (χ2n) is 4.62. The zero-order valence-corrected chi connectivity index (χ0v) is 11.6. The Bertz CT molecular complexity index is 434. The standard InChI is InChI=1S/C14H21N3O2/c1-10(13(18)16-2)9-17(3)14(19)12(15)11-7-5-4-6-8-11/h4-8,10,12H,9,15H2,1-3H3,(H,16,18)/t10?,12-/m0/s1. The third-order valence-electron chi connectivity index (χ3n) is 3.04. The van der Waals surface area contributed by atoms with Gasteiger partial charge in [0, 0.05) is 20.6 Å². The van der Waals surface area contributed by atoms with Gasteiger partial charge in [-0.25, -0.2) is 0 Å². The van der Waals surface area contributed by atoms with E-state index < -0.39 is 6.04 Å². The van der Waals surface area contributed by atoms with Crippen LogP contribution in [-0.4, -0.2) is 37.4 Å². The van der Waals surface area contributed by atoms with Crippen molar-refractivity contribution < 1.29 is 9.59 Å². The number of likely N-dealkylation sites (N-methyl/N-ethyl adjacent to an activating group) is 1. The summed E-state index contributed by atoms with van der Waals surface area (Å²) in [4.78, 5) is 25.1. The number of nitrogens with one attached hydrogen (secondary N) is 1. The van der Waals surface area contributed by atoms with Gasteiger partial charge in [-0.2, -0.15) is 0 Å². The largest absolute Gasteiger partial charge is 0.359 e. The average molecular weight is 263 g/mol. The van der Waals surface area contributed by atoms with Crippen LogP contribution in [0.3, 0.4) is 0 Å². The fourth-order valence-electron chi connectivity index (χ4n) is 1.87. The Balaban J connectivity index is 2.65. The molecule has 5 heteroatoms. The average Bonchev–Trinajstić information content (AvgIpc) is 2.45. The van der Waals surface area contributed by atoms with Crippen LogP contribution < -0.4 is 11.1 Å². The number of nitrogens with two attached hydrogens (primary N) is 1. The van der Waals surface area contributed by atoms with Crippen molar-refractivity contribution in [2.24, 2.45) is 11.7 Å². The molecule has 1 unspecified atom stereocenters. The van der Waals surface area contributed by atoms with Crippen molar-refractivity contribution in [3.05, 3.63) is 35.9 Å². The summed E-state index contributed by atoms with van der Waals surface area (Å²) in [5, 5.41) is 2.56. The zero-order valence-electron chi connectivity index (χ0n) is 11.6. The molecule has 104 valence electrons. The zero-order chi connectivity index (χ0) is 14.4. The monoisotopic (exact) mass is 263 g/mol. The molecule has 0 fully saturated rings. The minimum Gasteiger partial charge on any atom is -0.359 e. The molecule has 2 amide bonds. The van der Waals surface area contributed by atoms with Gasteiger partial charge >= 0.3 is 0 Å².